The third kappa shape index (κ3) is 8.43. The second-order valence-corrected chi connectivity index (χ2v) is 4.15. The Hall–Kier alpha value is -0.570. The molecular formula is C12H24O3. The molecule has 0 spiro atoms. The lowest BCUT2D eigenvalue weighted by molar-refractivity contribution is -0.147. The third-order valence-electron chi connectivity index (χ3n) is 2.49. The van der Waals surface area contributed by atoms with Crippen molar-refractivity contribution in [1.29, 1.82) is 0 Å². The summed E-state index contributed by atoms with van der Waals surface area (Å²) in [6, 6.07) is 0. The van der Waals surface area contributed by atoms with Crippen molar-refractivity contribution in [2.45, 2.75) is 59.0 Å². The van der Waals surface area contributed by atoms with Gasteiger partial charge in [-0.05, 0) is 19.3 Å². The molecule has 0 saturated heterocycles. The van der Waals surface area contributed by atoms with E-state index >= 15 is 0 Å². The highest BCUT2D eigenvalue weighted by atomic mass is 16.5. The molecule has 0 rings (SSSR count). The number of hydrogen-bond acceptors (Lipinski definition) is 3. The third-order valence-corrected chi connectivity index (χ3v) is 2.49. The van der Waals surface area contributed by atoms with Crippen LogP contribution < -0.4 is 0 Å². The van der Waals surface area contributed by atoms with E-state index in [9.17, 15) is 4.79 Å². The van der Waals surface area contributed by atoms with E-state index in [1.165, 1.54) is 12.8 Å². The van der Waals surface area contributed by atoms with E-state index in [1.54, 1.807) is 6.92 Å². The summed E-state index contributed by atoms with van der Waals surface area (Å²) in [5, 5.41) is 8.99. The first kappa shape index (κ1) is 14.4. The number of ether oxygens (including phenoxy) is 1. The fourth-order valence-corrected chi connectivity index (χ4v) is 1.41. The van der Waals surface area contributed by atoms with Gasteiger partial charge in [-0.25, -0.2) is 0 Å². The molecule has 0 aliphatic carbocycles. The average molecular weight is 216 g/mol. The van der Waals surface area contributed by atoms with Crippen LogP contribution in [0.15, 0.2) is 0 Å². The highest BCUT2D eigenvalue weighted by Gasteiger charge is 2.11. The molecule has 0 aromatic rings. The highest BCUT2D eigenvalue weighted by Crippen LogP contribution is 2.13. The van der Waals surface area contributed by atoms with Crippen LogP contribution in [0.3, 0.4) is 0 Å². The van der Waals surface area contributed by atoms with E-state index in [0.717, 1.165) is 12.8 Å². The maximum Gasteiger partial charge on any atom is 0.308 e. The Kier molecular flexibility index (Phi) is 8.38. The average Bonchev–Trinajstić information content (AvgIpc) is 2.17. The Labute approximate surface area is 92.8 Å². The van der Waals surface area contributed by atoms with Gasteiger partial charge in [-0.15, -0.1) is 0 Å². The van der Waals surface area contributed by atoms with Gasteiger partial charge in [0.15, 0.2) is 0 Å². The Morgan fingerprint density at radius 1 is 1.40 bits per heavy atom. The van der Waals surface area contributed by atoms with Crippen molar-refractivity contribution in [2.75, 3.05) is 6.61 Å². The molecule has 0 heterocycles. The first-order valence-corrected chi connectivity index (χ1v) is 5.93. The van der Waals surface area contributed by atoms with Crippen LogP contribution in [0.1, 0.15) is 52.9 Å². The molecule has 0 saturated carbocycles. The molecule has 3 heteroatoms. The monoisotopic (exact) mass is 216 g/mol. The molecular weight excluding hydrogens is 192 g/mol. The van der Waals surface area contributed by atoms with E-state index in [-0.39, 0.29) is 12.4 Å². The summed E-state index contributed by atoms with van der Waals surface area (Å²) in [4.78, 5) is 11.2. The second kappa shape index (κ2) is 8.72. The van der Waals surface area contributed by atoms with Crippen LogP contribution in [-0.4, -0.2) is 23.8 Å². The Bertz CT molecular complexity index is 166. The van der Waals surface area contributed by atoms with Gasteiger partial charge in [0.05, 0.1) is 19.1 Å². The molecule has 90 valence electrons. The van der Waals surface area contributed by atoms with Gasteiger partial charge in [-0.2, -0.15) is 0 Å². The van der Waals surface area contributed by atoms with Gasteiger partial charge in [0, 0.05) is 0 Å². The van der Waals surface area contributed by atoms with E-state index < -0.39 is 6.10 Å². The quantitative estimate of drug-likeness (QED) is 0.634. The molecule has 0 bridgehead atoms. The van der Waals surface area contributed by atoms with Crippen molar-refractivity contribution in [3.05, 3.63) is 0 Å². The summed E-state index contributed by atoms with van der Waals surface area (Å²) in [7, 11) is 0. The maximum absolute atomic E-state index is 11.2. The second-order valence-electron chi connectivity index (χ2n) is 4.15. The van der Waals surface area contributed by atoms with E-state index in [0.29, 0.717) is 12.5 Å². The number of aliphatic hydroxyl groups excluding tert-OH is 1. The number of esters is 1. The lowest BCUT2D eigenvalue weighted by Gasteiger charge is -2.14. The zero-order valence-electron chi connectivity index (χ0n) is 10.2. The molecule has 0 aliphatic heterocycles. The molecule has 15 heavy (non-hydrogen) atoms. The van der Waals surface area contributed by atoms with Crippen molar-refractivity contribution in [1.82, 2.24) is 0 Å². The predicted molar refractivity (Wildman–Crippen MR) is 60.6 cm³/mol. The molecule has 0 aromatic heterocycles. The van der Waals surface area contributed by atoms with Crippen LogP contribution in [0.2, 0.25) is 0 Å². The summed E-state index contributed by atoms with van der Waals surface area (Å²) in [5.74, 6) is 0.183. The number of rotatable bonds is 8. The van der Waals surface area contributed by atoms with E-state index in [2.05, 4.69) is 13.8 Å². The molecule has 0 aromatic carbocycles. The molecule has 0 radical (unpaired) electrons. The molecule has 3 nitrogen and oxygen atoms in total. The van der Waals surface area contributed by atoms with Gasteiger partial charge >= 0.3 is 5.97 Å². The number of aliphatic hydroxyl groups is 1. The summed E-state index contributed by atoms with van der Waals surface area (Å²) in [5.41, 5.74) is 0. The number of carbonyl (C=O) groups is 1. The highest BCUT2D eigenvalue weighted by molar-refractivity contribution is 5.69. The van der Waals surface area contributed by atoms with Crippen LogP contribution in [-0.2, 0) is 9.53 Å². The molecule has 1 N–H and O–H groups in total. The SMILES string of the molecule is CCCCC(CC)COC(=O)C[C@@H](C)O. The van der Waals surface area contributed by atoms with E-state index in [4.69, 9.17) is 9.84 Å². The Balaban J connectivity index is 3.65. The van der Waals surface area contributed by atoms with Crippen LogP contribution in [0.4, 0.5) is 0 Å². The van der Waals surface area contributed by atoms with Gasteiger partial charge in [-0.3, -0.25) is 4.79 Å². The molecule has 1 unspecified atom stereocenters. The molecule has 0 fully saturated rings. The zero-order chi connectivity index (χ0) is 11.7. The minimum absolute atomic E-state index is 0.101. The Morgan fingerprint density at radius 2 is 2.07 bits per heavy atom. The summed E-state index contributed by atoms with van der Waals surface area (Å²) in [6.07, 6.45) is 4.03. The van der Waals surface area contributed by atoms with Crippen LogP contribution in [0.25, 0.3) is 0 Å². The first-order valence-electron chi connectivity index (χ1n) is 5.93. The van der Waals surface area contributed by atoms with Gasteiger partial charge in [0.25, 0.3) is 0 Å². The number of unbranched alkanes of at least 4 members (excludes halogenated alkanes) is 1. The van der Waals surface area contributed by atoms with Gasteiger partial charge in [-0.1, -0.05) is 33.1 Å². The molecule has 2 atom stereocenters. The fraction of sp³-hybridized carbons (Fsp3) is 0.917. The smallest absolute Gasteiger partial charge is 0.308 e. The van der Waals surface area contributed by atoms with Crippen LogP contribution in [0.5, 0.6) is 0 Å². The van der Waals surface area contributed by atoms with Crippen molar-refractivity contribution in [3.8, 4) is 0 Å². The Morgan fingerprint density at radius 3 is 2.53 bits per heavy atom. The summed E-state index contributed by atoms with van der Waals surface area (Å²) < 4.78 is 5.10. The van der Waals surface area contributed by atoms with E-state index in [1.807, 2.05) is 0 Å². The maximum atomic E-state index is 11.2. The first-order chi connectivity index (χ1) is 7.10. The van der Waals surface area contributed by atoms with Gasteiger partial charge in [0.2, 0.25) is 0 Å². The topological polar surface area (TPSA) is 46.5 Å². The standard InChI is InChI=1S/C12H24O3/c1-4-6-7-11(5-2)9-15-12(14)8-10(3)13/h10-11,13H,4-9H2,1-3H3/t10-,11?/m1/s1. The summed E-state index contributed by atoms with van der Waals surface area (Å²) in [6.45, 7) is 6.37. The van der Waals surface area contributed by atoms with Crippen molar-refractivity contribution >= 4 is 5.97 Å². The van der Waals surface area contributed by atoms with Crippen LogP contribution >= 0.6 is 0 Å². The predicted octanol–water partition coefficient (Wildman–Crippen LogP) is 2.52. The normalized spacial score (nSPS) is 14.7. The van der Waals surface area contributed by atoms with Crippen LogP contribution in [0, 0.1) is 5.92 Å². The number of carbonyl (C=O) groups excluding carboxylic acids is 1. The fourth-order valence-electron chi connectivity index (χ4n) is 1.41. The minimum atomic E-state index is -0.604. The molecule has 0 amide bonds. The lowest BCUT2D eigenvalue weighted by atomic mass is 10.0. The largest absolute Gasteiger partial charge is 0.465 e. The zero-order valence-corrected chi connectivity index (χ0v) is 10.2. The van der Waals surface area contributed by atoms with Crippen molar-refractivity contribution < 1.29 is 14.6 Å². The van der Waals surface area contributed by atoms with Gasteiger partial charge in [0.1, 0.15) is 0 Å². The number of hydrogen-bond donors (Lipinski definition) is 1. The van der Waals surface area contributed by atoms with Crippen molar-refractivity contribution in [3.63, 3.8) is 0 Å². The lowest BCUT2D eigenvalue weighted by Crippen LogP contribution is -2.17. The van der Waals surface area contributed by atoms with Crippen molar-refractivity contribution in [2.24, 2.45) is 5.92 Å². The van der Waals surface area contributed by atoms with Gasteiger partial charge < -0.3 is 9.84 Å². The minimum Gasteiger partial charge on any atom is -0.465 e. The summed E-state index contributed by atoms with van der Waals surface area (Å²) >= 11 is 0. The molecule has 0 aliphatic rings.